The van der Waals surface area contributed by atoms with Crippen molar-refractivity contribution in [3.05, 3.63) is 37.6 Å². The number of allylic oxidation sites excluding steroid dienone is 3. The highest BCUT2D eigenvalue weighted by molar-refractivity contribution is 5.95. The van der Waals surface area contributed by atoms with Gasteiger partial charge in [0.15, 0.2) is 0 Å². The van der Waals surface area contributed by atoms with Crippen molar-refractivity contribution in [2.24, 2.45) is 10.9 Å². The lowest BCUT2D eigenvalue weighted by molar-refractivity contribution is 0.417. The Bertz CT molecular complexity index is 313. The maximum Gasteiger partial charge on any atom is 0.0406 e. The zero-order valence-corrected chi connectivity index (χ0v) is 15.0. The molecule has 0 N–H and O–H groups in total. The van der Waals surface area contributed by atoms with E-state index in [1.807, 2.05) is 12.2 Å². The Morgan fingerprint density at radius 3 is 1.95 bits per heavy atom. The summed E-state index contributed by atoms with van der Waals surface area (Å²) >= 11 is 0. The molecule has 0 atom stereocenters. The predicted octanol–water partition coefficient (Wildman–Crippen LogP) is 7.26. The average Bonchev–Trinajstić information content (AvgIpc) is 2.53. The van der Waals surface area contributed by atoms with Gasteiger partial charge in [0.1, 0.15) is 0 Å². The fraction of sp³-hybridized carbons (Fsp3) is 0.667. The number of hydrogen-bond acceptors (Lipinski definition) is 1. The van der Waals surface area contributed by atoms with Gasteiger partial charge in [-0.3, -0.25) is 4.99 Å². The van der Waals surface area contributed by atoms with Crippen LogP contribution in [0, 0.1) is 5.92 Å². The number of unbranched alkanes of at least 4 members (excludes halogenated alkanes) is 6. The van der Waals surface area contributed by atoms with Gasteiger partial charge in [-0.2, -0.15) is 0 Å². The fourth-order valence-electron chi connectivity index (χ4n) is 2.82. The monoisotopic (exact) mass is 303 g/mol. The molecular weight excluding hydrogens is 266 g/mol. The topological polar surface area (TPSA) is 12.4 Å². The summed E-state index contributed by atoms with van der Waals surface area (Å²) in [6, 6.07) is 0. The molecule has 0 bridgehead atoms. The Morgan fingerprint density at radius 1 is 0.909 bits per heavy atom. The van der Waals surface area contributed by atoms with Crippen LogP contribution in [-0.4, -0.2) is 5.71 Å². The molecule has 0 saturated carbocycles. The molecular formula is C21H37N. The van der Waals surface area contributed by atoms with Crippen LogP contribution in [0.2, 0.25) is 0 Å². The van der Waals surface area contributed by atoms with E-state index in [0.29, 0.717) is 0 Å². The summed E-state index contributed by atoms with van der Waals surface area (Å²) in [5.41, 5.74) is 1.14. The van der Waals surface area contributed by atoms with E-state index in [1.54, 1.807) is 6.20 Å². The normalized spacial score (nSPS) is 12.2. The average molecular weight is 304 g/mol. The third-order valence-electron chi connectivity index (χ3n) is 4.11. The van der Waals surface area contributed by atoms with Gasteiger partial charge < -0.3 is 0 Å². The van der Waals surface area contributed by atoms with Crippen LogP contribution < -0.4 is 0 Å². The largest absolute Gasteiger partial charge is 0.262 e. The van der Waals surface area contributed by atoms with Crippen molar-refractivity contribution in [3.8, 4) is 0 Å². The highest BCUT2D eigenvalue weighted by Crippen LogP contribution is 2.22. The van der Waals surface area contributed by atoms with Gasteiger partial charge in [-0.1, -0.05) is 103 Å². The van der Waals surface area contributed by atoms with E-state index in [4.69, 9.17) is 0 Å². The maximum atomic E-state index is 4.44. The molecule has 1 nitrogen and oxygen atoms in total. The summed E-state index contributed by atoms with van der Waals surface area (Å²) in [6.07, 6.45) is 22.1. The van der Waals surface area contributed by atoms with Gasteiger partial charge in [-0.05, 0) is 18.4 Å². The molecule has 126 valence electrons. The van der Waals surface area contributed by atoms with E-state index >= 15 is 0 Å². The number of rotatable bonds is 15. The van der Waals surface area contributed by atoms with Gasteiger partial charge in [0.2, 0.25) is 0 Å². The Balaban J connectivity index is 4.44. The van der Waals surface area contributed by atoms with E-state index in [1.165, 1.54) is 64.2 Å². The highest BCUT2D eigenvalue weighted by atomic mass is 14.7. The maximum absolute atomic E-state index is 4.44. The van der Waals surface area contributed by atoms with Gasteiger partial charge in [0.25, 0.3) is 0 Å². The van der Waals surface area contributed by atoms with E-state index in [2.05, 4.69) is 38.1 Å². The van der Waals surface area contributed by atoms with Gasteiger partial charge in [0.05, 0.1) is 0 Å². The van der Waals surface area contributed by atoms with Crippen LogP contribution >= 0.6 is 0 Å². The third kappa shape index (κ3) is 12.6. The van der Waals surface area contributed by atoms with Crippen molar-refractivity contribution in [3.63, 3.8) is 0 Å². The number of aliphatic imine (C=N–C) groups is 1. The second kappa shape index (κ2) is 16.3. The first-order chi connectivity index (χ1) is 10.8. The molecule has 0 rings (SSSR count). The van der Waals surface area contributed by atoms with E-state index in [0.717, 1.165) is 18.1 Å². The van der Waals surface area contributed by atoms with Crippen molar-refractivity contribution in [1.29, 1.82) is 0 Å². The zero-order chi connectivity index (χ0) is 16.5. The molecule has 22 heavy (non-hydrogen) atoms. The second-order valence-electron chi connectivity index (χ2n) is 6.17. The molecule has 0 amide bonds. The van der Waals surface area contributed by atoms with Crippen LogP contribution in [-0.2, 0) is 0 Å². The summed E-state index contributed by atoms with van der Waals surface area (Å²) in [7, 11) is 0. The van der Waals surface area contributed by atoms with Crippen molar-refractivity contribution in [2.45, 2.75) is 84.5 Å². The lowest BCUT2D eigenvalue weighted by Gasteiger charge is -2.17. The lowest BCUT2D eigenvalue weighted by atomic mass is 9.89. The molecule has 0 aliphatic heterocycles. The van der Waals surface area contributed by atoms with Crippen molar-refractivity contribution in [1.82, 2.24) is 0 Å². The van der Waals surface area contributed by atoms with Crippen molar-refractivity contribution < 1.29 is 0 Å². The Labute approximate surface area is 139 Å². The minimum absolute atomic E-state index is 0.766. The molecule has 0 aromatic heterocycles. The van der Waals surface area contributed by atoms with E-state index < -0.39 is 0 Å². The molecule has 0 aromatic rings. The number of hydrogen-bond donors (Lipinski definition) is 0. The van der Waals surface area contributed by atoms with E-state index in [9.17, 15) is 0 Å². The molecule has 1 heteroatoms. The van der Waals surface area contributed by atoms with Crippen LogP contribution in [0.5, 0.6) is 0 Å². The van der Waals surface area contributed by atoms with Crippen molar-refractivity contribution >= 4 is 5.71 Å². The first kappa shape index (κ1) is 20.9. The molecule has 0 aromatic carbocycles. The fourth-order valence-corrected chi connectivity index (χ4v) is 2.82. The quantitative estimate of drug-likeness (QED) is 0.171. The Kier molecular flexibility index (Phi) is 15.4. The predicted molar refractivity (Wildman–Crippen MR) is 103 cm³/mol. The van der Waals surface area contributed by atoms with Crippen LogP contribution in [0.4, 0.5) is 0 Å². The minimum atomic E-state index is 0.766. The molecule has 0 saturated heterocycles. The molecule has 0 heterocycles. The van der Waals surface area contributed by atoms with Gasteiger partial charge >= 0.3 is 0 Å². The first-order valence-corrected chi connectivity index (χ1v) is 9.25. The van der Waals surface area contributed by atoms with Crippen molar-refractivity contribution in [2.75, 3.05) is 0 Å². The van der Waals surface area contributed by atoms with Crippen LogP contribution in [0.3, 0.4) is 0 Å². The van der Waals surface area contributed by atoms with Crippen LogP contribution in [0.1, 0.15) is 84.5 Å². The van der Waals surface area contributed by atoms with Crippen LogP contribution in [0.25, 0.3) is 0 Å². The van der Waals surface area contributed by atoms with Gasteiger partial charge in [-0.25, -0.2) is 0 Å². The number of nitrogens with zero attached hydrogens (tertiary/aromatic N) is 1. The molecule has 0 aliphatic carbocycles. The molecule has 0 aliphatic rings. The Hall–Kier alpha value is -1.11. The molecule has 0 spiro atoms. The van der Waals surface area contributed by atoms with Gasteiger partial charge in [-0.15, -0.1) is 0 Å². The Morgan fingerprint density at radius 2 is 1.50 bits per heavy atom. The summed E-state index contributed by atoms with van der Waals surface area (Å²) in [5.74, 6) is 0.766. The third-order valence-corrected chi connectivity index (χ3v) is 4.11. The summed E-state index contributed by atoms with van der Waals surface area (Å²) in [4.78, 5) is 4.44. The first-order valence-electron chi connectivity index (χ1n) is 9.25. The van der Waals surface area contributed by atoms with E-state index in [-0.39, 0.29) is 0 Å². The van der Waals surface area contributed by atoms with Crippen LogP contribution in [0.15, 0.2) is 42.6 Å². The second-order valence-corrected chi connectivity index (χ2v) is 6.17. The standard InChI is InChI=1S/C21H37N/c1-5-9-12-14-16-20(17-15-13-10-6-2)19-21(22-8-4)18-11-7-3/h7-8,11,18,20H,3-6,9-10,12-17,19H2,1-2H3/b18-11-,22-21+. The molecule has 0 unspecified atom stereocenters. The summed E-state index contributed by atoms with van der Waals surface area (Å²) in [5, 5.41) is 0. The zero-order valence-electron chi connectivity index (χ0n) is 15.0. The summed E-state index contributed by atoms with van der Waals surface area (Å²) < 4.78 is 0. The molecule has 0 radical (unpaired) electrons. The highest BCUT2D eigenvalue weighted by Gasteiger charge is 2.11. The SMILES string of the molecule is C=C/C=C\C(CC(CCCCCC)CCCCCC)=N/C=C. The van der Waals surface area contributed by atoms with Gasteiger partial charge in [0, 0.05) is 11.9 Å². The smallest absolute Gasteiger partial charge is 0.0406 e. The minimum Gasteiger partial charge on any atom is -0.262 e. The summed E-state index contributed by atoms with van der Waals surface area (Å²) in [6.45, 7) is 12.0. The lowest BCUT2D eigenvalue weighted by Crippen LogP contribution is -2.07. The molecule has 0 fully saturated rings.